The summed E-state index contributed by atoms with van der Waals surface area (Å²) in [6, 6.07) is 6.99. The van der Waals surface area contributed by atoms with E-state index < -0.39 is 29.9 Å². The lowest BCUT2D eigenvalue weighted by Gasteiger charge is -2.23. The minimum Gasteiger partial charge on any atom is -0.452 e. The molecule has 1 fully saturated rings. The van der Waals surface area contributed by atoms with Crippen molar-refractivity contribution in [3.05, 3.63) is 29.8 Å². The maximum atomic E-state index is 12.5. The van der Waals surface area contributed by atoms with Crippen molar-refractivity contribution in [2.75, 3.05) is 18.5 Å². The number of nitrogens with zero attached hydrogens (tertiary/aromatic N) is 1. The molecule has 0 aliphatic carbocycles. The number of carbonyl (C=O) groups excluding carboxylic acids is 4. The predicted octanol–water partition coefficient (Wildman–Crippen LogP) is 1.94. The second-order valence-corrected chi connectivity index (χ2v) is 6.92. The van der Waals surface area contributed by atoms with Crippen LogP contribution in [0.1, 0.15) is 45.1 Å². The van der Waals surface area contributed by atoms with E-state index in [-0.39, 0.29) is 24.8 Å². The number of ether oxygens (including phenoxy) is 1. The maximum Gasteiger partial charge on any atom is 0.321 e. The fourth-order valence-electron chi connectivity index (χ4n) is 3.07. The van der Waals surface area contributed by atoms with Crippen molar-refractivity contribution in [1.29, 1.82) is 0 Å². The van der Waals surface area contributed by atoms with E-state index in [2.05, 4.69) is 24.5 Å². The van der Waals surface area contributed by atoms with E-state index in [0.29, 0.717) is 0 Å². The van der Waals surface area contributed by atoms with E-state index >= 15 is 0 Å². The van der Waals surface area contributed by atoms with Crippen LogP contribution in [0.2, 0.25) is 0 Å². The molecule has 8 heteroatoms. The Morgan fingerprint density at radius 1 is 1.25 bits per heavy atom. The zero-order valence-electron chi connectivity index (χ0n) is 16.7. The first kappa shape index (κ1) is 21.4. The molecule has 0 radical (unpaired) electrons. The molecule has 1 aromatic carbocycles. The Kier molecular flexibility index (Phi) is 7.14. The summed E-state index contributed by atoms with van der Waals surface area (Å²) in [6.45, 7) is 5.76. The number of imide groups is 1. The molecular weight excluding hydrogens is 362 g/mol. The molecule has 1 aromatic rings. The minimum atomic E-state index is -1.14. The third kappa shape index (κ3) is 4.88. The van der Waals surface area contributed by atoms with Crippen molar-refractivity contribution in [3.63, 3.8) is 0 Å². The van der Waals surface area contributed by atoms with E-state index in [1.807, 2.05) is 24.3 Å². The first-order valence-electron chi connectivity index (χ1n) is 9.40. The highest BCUT2D eigenvalue weighted by Gasteiger charge is 2.38. The summed E-state index contributed by atoms with van der Waals surface area (Å²) in [5.74, 6) is -1.89. The summed E-state index contributed by atoms with van der Waals surface area (Å²) in [4.78, 5) is 49.6. The molecule has 28 heavy (non-hydrogen) atoms. The largest absolute Gasteiger partial charge is 0.452 e. The quantitative estimate of drug-likeness (QED) is 0.724. The Labute approximate surface area is 164 Å². The van der Waals surface area contributed by atoms with Gasteiger partial charge in [0.2, 0.25) is 5.91 Å². The van der Waals surface area contributed by atoms with Crippen LogP contribution < -0.4 is 15.5 Å². The van der Waals surface area contributed by atoms with Gasteiger partial charge in [-0.3, -0.25) is 19.7 Å². The van der Waals surface area contributed by atoms with Crippen LogP contribution in [-0.2, 0) is 19.1 Å². The summed E-state index contributed by atoms with van der Waals surface area (Å²) >= 11 is 0. The fraction of sp³-hybridized carbons (Fsp3) is 0.500. The molecule has 0 saturated carbocycles. The van der Waals surface area contributed by atoms with E-state index in [9.17, 15) is 19.2 Å². The normalized spacial score (nSPS) is 18.4. The number of benzene rings is 1. The Balaban J connectivity index is 2.06. The number of anilines is 1. The number of nitrogens with one attached hydrogen (secondary N) is 2. The summed E-state index contributed by atoms with van der Waals surface area (Å²) < 4.78 is 5.16. The third-order valence-corrected chi connectivity index (χ3v) is 4.96. The van der Waals surface area contributed by atoms with Gasteiger partial charge in [0.05, 0.1) is 5.92 Å². The molecule has 2 N–H and O–H groups in total. The summed E-state index contributed by atoms with van der Waals surface area (Å²) in [5.41, 5.74) is 1.87. The molecule has 4 amide bonds. The molecule has 0 unspecified atom stereocenters. The molecule has 1 aliphatic heterocycles. The number of hydrogen-bond acceptors (Lipinski definition) is 5. The molecule has 0 bridgehead atoms. The smallest absolute Gasteiger partial charge is 0.321 e. The van der Waals surface area contributed by atoms with E-state index in [1.54, 1.807) is 4.90 Å². The molecule has 1 aliphatic rings. The molecular formula is C20H27N3O5. The third-order valence-electron chi connectivity index (χ3n) is 4.96. The topological polar surface area (TPSA) is 105 Å². The monoisotopic (exact) mass is 389 g/mol. The van der Waals surface area contributed by atoms with Crippen LogP contribution in [0.5, 0.6) is 0 Å². The van der Waals surface area contributed by atoms with Crippen molar-refractivity contribution in [2.24, 2.45) is 5.92 Å². The minimum absolute atomic E-state index is 0.0253. The van der Waals surface area contributed by atoms with Crippen LogP contribution in [0.4, 0.5) is 10.5 Å². The van der Waals surface area contributed by atoms with Gasteiger partial charge in [-0.1, -0.05) is 32.0 Å². The number of hydrogen-bond donors (Lipinski definition) is 2. The molecule has 0 spiro atoms. The van der Waals surface area contributed by atoms with E-state index in [0.717, 1.165) is 17.7 Å². The molecule has 3 atom stereocenters. The highest BCUT2D eigenvalue weighted by Crippen LogP contribution is 2.33. The number of urea groups is 1. The Bertz CT molecular complexity index is 764. The van der Waals surface area contributed by atoms with Crippen LogP contribution >= 0.6 is 0 Å². The lowest BCUT2D eigenvalue weighted by molar-refractivity contribution is -0.158. The molecule has 0 aromatic heterocycles. The molecule has 1 heterocycles. The number of amides is 4. The zero-order valence-corrected chi connectivity index (χ0v) is 16.7. The Hall–Kier alpha value is -2.90. The Morgan fingerprint density at radius 2 is 1.93 bits per heavy atom. The average molecular weight is 389 g/mol. The molecule has 2 rings (SSSR count). The van der Waals surface area contributed by atoms with Crippen molar-refractivity contribution in [2.45, 2.75) is 45.6 Å². The van der Waals surface area contributed by atoms with Gasteiger partial charge < -0.3 is 15.0 Å². The highest BCUT2D eigenvalue weighted by atomic mass is 16.5. The summed E-state index contributed by atoms with van der Waals surface area (Å²) in [6.07, 6.45) is -0.179. The highest BCUT2D eigenvalue weighted by molar-refractivity contribution is 6.01. The standard InChI is InChI=1S/C20H27N3O5/c1-5-12(2)15-8-6-7-9-16(15)23-11-14(10-17(23)24)19(26)28-13(3)18(25)22-20(27)21-4/h6-9,12-14H,5,10-11H2,1-4H3,(H2,21,22,25,27)/t12-,13+,14-/m1/s1. The lowest BCUT2D eigenvalue weighted by Crippen LogP contribution is -2.44. The molecule has 1 saturated heterocycles. The van der Waals surface area contributed by atoms with Gasteiger partial charge >= 0.3 is 12.0 Å². The number of esters is 1. The van der Waals surface area contributed by atoms with Crippen LogP contribution in [-0.4, -0.2) is 43.5 Å². The van der Waals surface area contributed by atoms with Gasteiger partial charge in [0.15, 0.2) is 6.10 Å². The van der Waals surface area contributed by atoms with Gasteiger partial charge in [-0.15, -0.1) is 0 Å². The summed E-state index contributed by atoms with van der Waals surface area (Å²) in [5, 5.41) is 4.30. The van der Waals surface area contributed by atoms with Gasteiger partial charge in [-0.05, 0) is 30.9 Å². The Morgan fingerprint density at radius 3 is 2.57 bits per heavy atom. The van der Waals surface area contributed by atoms with Crippen molar-refractivity contribution < 1.29 is 23.9 Å². The summed E-state index contributed by atoms with van der Waals surface area (Å²) in [7, 11) is 1.37. The van der Waals surface area contributed by atoms with Gasteiger partial charge in [0.1, 0.15) is 0 Å². The lowest BCUT2D eigenvalue weighted by atomic mass is 9.96. The second-order valence-electron chi connectivity index (χ2n) is 6.92. The number of para-hydroxylation sites is 1. The van der Waals surface area contributed by atoms with Crippen LogP contribution in [0.15, 0.2) is 24.3 Å². The van der Waals surface area contributed by atoms with Crippen LogP contribution in [0.3, 0.4) is 0 Å². The van der Waals surface area contributed by atoms with Crippen LogP contribution in [0.25, 0.3) is 0 Å². The van der Waals surface area contributed by atoms with Gasteiger partial charge in [0, 0.05) is 25.7 Å². The predicted molar refractivity (Wildman–Crippen MR) is 104 cm³/mol. The van der Waals surface area contributed by atoms with E-state index in [1.165, 1.54) is 14.0 Å². The fourth-order valence-corrected chi connectivity index (χ4v) is 3.07. The first-order valence-corrected chi connectivity index (χ1v) is 9.40. The number of carbonyl (C=O) groups is 4. The number of rotatable bonds is 6. The average Bonchev–Trinajstić information content (AvgIpc) is 3.08. The van der Waals surface area contributed by atoms with Gasteiger partial charge in [-0.2, -0.15) is 0 Å². The first-order chi connectivity index (χ1) is 13.3. The van der Waals surface area contributed by atoms with Gasteiger partial charge in [0.25, 0.3) is 5.91 Å². The zero-order chi connectivity index (χ0) is 20.8. The second kappa shape index (κ2) is 9.34. The van der Waals surface area contributed by atoms with Gasteiger partial charge in [-0.25, -0.2) is 4.79 Å². The van der Waals surface area contributed by atoms with Crippen LogP contribution in [0, 0.1) is 5.92 Å². The molecule has 8 nitrogen and oxygen atoms in total. The van der Waals surface area contributed by atoms with Crippen molar-refractivity contribution >= 4 is 29.5 Å². The molecule has 152 valence electrons. The van der Waals surface area contributed by atoms with Crippen molar-refractivity contribution in [1.82, 2.24) is 10.6 Å². The van der Waals surface area contributed by atoms with Crippen molar-refractivity contribution in [3.8, 4) is 0 Å². The SMILES string of the molecule is CC[C@@H](C)c1ccccc1N1C[C@H](C(=O)O[C@@H](C)C(=O)NC(=O)NC)CC1=O. The van der Waals surface area contributed by atoms with E-state index in [4.69, 9.17) is 4.74 Å². The maximum absolute atomic E-state index is 12.5.